The van der Waals surface area contributed by atoms with E-state index in [2.05, 4.69) is 97.9 Å². The Bertz CT molecular complexity index is 617. The maximum absolute atomic E-state index is 2.32. The second kappa shape index (κ2) is 6.41. The molecule has 3 aromatic rings. The summed E-state index contributed by atoms with van der Waals surface area (Å²) in [7, 11) is 0. The first-order chi connectivity index (χ1) is 10.4. The molecule has 0 aliphatic heterocycles. The highest BCUT2D eigenvalue weighted by Gasteiger charge is 2.22. The van der Waals surface area contributed by atoms with Gasteiger partial charge in [-0.15, -0.1) is 0 Å². The zero-order valence-electron chi connectivity index (χ0n) is 12.3. The van der Waals surface area contributed by atoms with Crippen LogP contribution in [-0.4, -0.2) is 0 Å². The van der Waals surface area contributed by atoms with Crippen LogP contribution in [0.4, 0.5) is 0 Å². The SMILES string of the molecule is CC(c1ccccc1)C(c1ccccc1)c1ccccc1. The fraction of sp³-hybridized carbons (Fsp3) is 0.143. The van der Waals surface area contributed by atoms with Gasteiger partial charge in [0.05, 0.1) is 0 Å². The zero-order valence-corrected chi connectivity index (χ0v) is 12.3. The van der Waals surface area contributed by atoms with Gasteiger partial charge in [-0.3, -0.25) is 0 Å². The Hall–Kier alpha value is -2.34. The van der Waals surface area contributed by atoms with E-state index >= 15 is 0 Å². The summed E-state index contributed by atoms with van der Waals surface area (Å²) in [5, 5.41) is 0. The second-order valence-electron chi connectivity index (χ2n) is 5.50. The van der Waals surface area contributed by atoms with E-state index in [1.807, 2.05) is 0 Å². The minimum atomic E-state index is 0.384. The molecule has 0 aliphatic carbocycles. The van der Waals surface area contributed by atoms with E-state index in [9.17, 15) is 0 Å². The van der Waals surface area contributed by atoms with E-state index in [1.165, 1.54) is 16.7 Å². The molecule has 0 heterocycles. The Kier molecular flexibility index (Phi) is 4.16. The number of rotatable bonds is 4. The lowest BCUT2D eigenvalue weighted by molar-refractivity contribution is 0.657. The summed E-state index contributed by atoms with van der Waals surface area (Å²) in [4.78, 5) is 0. The molecular formula is C21H20. The molecule has 0 saturated heterocycles. The van der Waals surface area contributed by atoms with Crippen LogP contribution in [0.25, 0.3) is 0 Å². The van der Waals surface area contributed by atoms with Crippen molar-refractivity contribution in [3.63, 3.8) is 0 Å². The molecule has 0 spiro atoms. The van der Waals surface area contributed by atoms with Crippen molar-refractivity contribution in [2.75, 3.05) is 0 Å². The highest BCUT2D eigenvalue weighted by atomic mass is 14.3. The third kappa shape index (κ3) is 3.05. The number of hydrogen-bond acceptors (Lipinski definition) is 0. The van der Waals surface area contributed by atoms with Crippen LogP contribution in [0.5, 0.6) is 0 Å². The van der Waals surface area contributed by atoms with E-state index in [4.69, 9.17) is 0 Å². The second-order valence-corrected chi connectivity index (χ2v) is 5.50. The molecule has 21 heavy (non-hydrogen) atoms. The quantitative estimate of drug-likeness (QED) is 0.578. The maximum Gasteiger partial charge on any atom is 0.0155 e. The molecule has 0 N–H and O–H groups in total. The molecule has 0 aromatic heterocycles. The lowest BCUT2D eigenvalue weighted by Crippen LogP contribution is -2.10. The fourth-order valence-corrected chi connectivity index (χ4v) is 3.04. The van der Waals surface area contributed by atoms with E-state index in [1.54, 1.807) is 0 Å². The van der Waals surface area contributed by atoms with Gasteiger partial charge in [-0.25, -0.2) is 0 Å². The molecule has 0 amide bonds. The predicted octanol–water partition coefficient (Wildman–Crippen LogP) is 5.62. The predicted molar refractivity (Wildman–Crippen MR) is 89.6 cm³/mol. The Balaban J connectivity index is 2.05. The molecule has 1 atom stereocenters. The Morgan fingerprint density at radius 3 is 1.19 bits per heavy atom. The van der Waals surface area contributed by atoms with Gasteiger partial charge in [0.25, 0.3) is 0 Å². The molecule has 0 aliphatic rings. The first-order valence-corrected chi connectivity index (χ1v) is 7.51. The molecule has 3 rings (SSSR count). The van der Waals surface area contributed by atoms with Crippen LogP contribution in [0.2, 0.25) is 0 Å². The molecule has 0 saturated carbocycles. The van der Waals surface area contributed by atoms with Gasteiger partial charge >= 0.3 is 0 Å². The van der Waals surface area contributed by atoms with E-state index in [-0.39, 0.29) is 0 Å². The molecular weight excluding hydrogens is 252 g/mol. The van der Waals surface area contributed by atoms with E-state index < -0.39 is 0 Å². The van der Waals surface area contributed by atoms with Crippen LogP contribution in [0, 0.1) is 0 Å². The van der Waals surface area contributed by atoms with Crippen LogP contribution in [0.15, 0.2) is 91.0 Å². The number of hydrogen-bond donors (Lipinski definition) is 0. The average Bonchev–Trinajstić information content (AvgIpc) is 2.58. The van der Waals surface area contributed by atoms with Crippen LogP contribution >= 0.6 is 0 Å². The lowest BCUT2D eigenvalue weighted by atomic mass is 9.78. The van der Waals surface area contributed by atoms with E-state index in [0.717, 1.165) is 0 Å². The summed E-state index contributed by atoms with van der Waals surface area (Å²) < 4.78 is 0. The van der Waals surface area contributed by atoms with Crippen LogP contribution in [0.3, 0.4) is 0 Å². The van der Waals surface area contributed by atoms with Crippen molar-refractivity contribution in [2.24, 2.45) is 0 Å². The van der Waals surface area contributed by atoms with Gasteiger partial charge < -0.3 is 0 Å². The Morgan fingerprint density at radius 1 is 0.476 bits per heavy atom. The van der Waals surface area contributed by atoms with Gasteiger partial charge in [-0.1, -0.05) is 97.9 Å². The minimum absolute atomic E-state index is 0.384. The molecule has 0 fully saturated rings. The molecule has 0 heteroatoms. The van der Waals surface area contributed by atoms with Crippen molar-refractivity contribution in [3.8, 4) is 0 Å². The molecule has 104 valence electrons. The Labute approximate surface area is 127 Å². The highest BCUT2D eigenvalue weighted by molar-refractivity contribution is 5.37. The highest BCUT2D eigenvalue weighted by Crippen LogP contribution is 2.37. The first-order valence-electron chi connectivity index (χ1n) is 7.51. The molecule has 3 aromatic carbocycles. The zero-order chi connectivity index (χ0) is 14.5. The fourth-order valence-electron chi connectivity index (χ4n) is 3.04. The first kappa shape index (κ1) is 13.6. The third-order valence-electron chi connectivity index (χ3n) is 4.14. The van der Waals surface area contributed by atoms with Crippen molar-refractivity contribution < 1.29 is 0 Å². The normalized spacial score (nSPS) is 12.3. The summed E-state index contributed by atoms with van der Waals surface area (Å²) in [6, 6.07) is 32.4. The topological polar surface area (TPSA) is 0 Å². The van der Waals surface area contributed by atoms with Crippen LogP contribution in [-0.2, 0) is 0 Å². The van der Waals surface area contributed by atoms with Gasteiger partial charge in [0.15, 0.2) is 0 Å². The molecule has 0 radical (unpaired) electrons. The number of benzene rings is 3. The van der Waals surface area contributed by atoms with Crippen molar-refractivity contribution >= 4 is 0 Å². The maximum atomic E-state index is 2.32. The summed E-state index contributed by atoms with van der Waals surface area (Å²) in [5.41, 5.74) is 4.13. The van der Waals surface area contributed by atoms with Crippen molar-refractivity contribution in [2.45, 2.75) is 18.8 Å². The molecule has 1 unspecified atom stereocenters. The van der Waals surface area contributed by atoms with Gasteiger partial charge in [-0.05, 0) is 22.6 Å². The van der Waals surface area contributed by atoms with Crippen molar-refractivity contribution in [1.29, 1.82) is 0 Å². The van der Waals surface area contributed by atoms with Crippen LogP contribution < -0.4 is 0 Å². The summed E-state index contributed by atoms with van der Waals surface area (Å²) in [6.07, 6.45) is 0. The van der Waals surface area contributed by atoms with Gasteiger partial charge in [0.1, 0.15) is 0 Å². The van der Waals surface area contributed by atoms with Crippen LogP contribution in [0.1, 0.15) is 35.4 Å². The van der Waals surface area contributed by atoms with Gasteiger partial charge in [0, 0.05) is 5.92 Å². The lowest BCUT2D eigenvalue weighted by Gasteiger charge is -2.25. The summed E-state index contributed by atoms with van der Waals surface area (Å²) >= 11 is 0. The summed E-state index contributed by atoms with van der Waals surface area (Å²) in [5.74, 6) is 0.825. The van der Waals surface area contributed by atoms with Gasteiger partial charge in [-0.2, -0.15) is 0 Å². The van der Waals surface area contributed by atoms with Crippen molar-refractivity contribution in [3.05, 3.63) is 108 Å². The Morgan fingerprint density at radius 2 is 0.810 bits per heavy atom. The molecule has 0 nitrogen and oxygen atoms in total. The largest absolute Gasteiger partial charge is 0.0622 e. The van der Waals surface area contributed by atoms with E-state index in [0.29, 0.717) is 11.8 Å². The smallest absolute Gasteiger partial charge is 0.0155 e. The third-order valence-corrected chi connectivity index (χ3v) is 4.14. The average molecular weight is 272 g/mol. The summed E-state index contributed by atoms with van der Waals surface area (Å²) in [6.45, 7) is 2.32. The standard InChI is InChI=1S/C21H20/c1-17(18-11-5-2-6-12-18)21(19-13-7-3-8-14-19)20-15-9-4-10-16-20/h2-17,21H,1H3. The monoisotopic (exact) mass is 272 g/mol. The van der Waals surface area contributed by atoms with Crippen molar-refractivity contribution in [1.82, 2.24) is 0 Å². The minimum Gasteiger partial charge on any atom is -0.0622 e. The molecule has 0 bridgehead atoms. The van der Waals surface area contributed by atoms with Gasteiger partial charge in [0.2, 0.25) is 0 Å².